The third-order valence-corrected chi connectivity index (χ3v) is 3.54. The van der Waals surface area contributed by atoms with E-state index >= 15 is 0 Å². The molecule has 1 aromatic carbocycles. The summed E-state index contributed by atoms with van der Waals surface area (Å²) in [6.45, 7) is 8.67. The molecule has 2 N–H and O–H groups in total. The van der Waals surface area contributed by atoms with Crippen LogP contribution in [0.5, 0.6) is 0 Å². The van der Waals surface area contributed by atoms with E-state index in [-0.39, 0.29) is 6.04 Å². The molecule has 102 valence electrons. The zero-order chi connectivity index (χ0) is 14.0. The van der Waals surface area contributed by atoms with Gasteiger partial charge in [-0.3, -0.25) is 0 Å². The van der Waals surface area contributed by atoms with Gasteiger partial charge in [0.15, 0.2) is 0 Å². The van der Waals surface area contributed by atoms with Crippen LogP contribution in [0, 0.1) is 5.92 Å². The van der Waals surface area contributed by atoms with Gasteiger partial charge in [-0.25, -0.2) is 4.98 Å². The van der Waals surface area contributed by atoms with Crippen molar-refractivity contribution in [2.75, 3.05) is 0 Å². The molecule has 0 fully saturated rings. The molecule has 1 atom stereocenters. The Balaban J connectivity index is 2.43. The molecule has 3 nitrogen and oxygen atoms in total. The van der Waals surface area contributed by atoms with Gasteiger partial charge >= 0.3 is 0 Å². The number of nitrogens with two attached hydrogens (primary N) is 1. The van der Waals surface area contributed by atoms with Crippen LogP contribution in [0.3, 0.4) is 0 Å². The van der Waals surface area contributed by atoms with Crippen molar-refractivity contribution >= 4 is 0 Å². The standard InChI is InChI=1S/C16H23N3/c1-11(2)13-6-5-7-14(8-13)19-10-18-9-15(19)16(17)12(3)4/h5-12,16H,17H2,1-4H3. The minimum Gasteiger partial charge on any atom is -0.322 e. The lowest BCUT2D eigenvalue weighted by molar-refractivity contribution is 0.497. The minimum absolute atomic E-state index is 0.00482. The summed E-state index contributed by atoms with van der Waals surface area (Å²) in [4.78, 5) is 4.26. The van der Waals surface area contributed by atoms with Gasteiger partial charge in [-0.15, -0.1) is 0 Å². The normalized spacial score (nSPS) is 13.2. The van der Waals surface area contributed by atoms with E-state index in [9.17, 15) is 0 Å². The molecular formula is C16H23N3. The first-order chi connectivity index (χ1) is 9.00. The molecule has 3 heteroatoms. The average Bonchev–Trinajstić information content (AvgIpc) is 2.86. The van der Waals surface area contributed by atoms with E-state index in [1.54, 1.807) is 0 Å². The van der Waals surface area contributed by atoms with Crippen molar-refractivity contribution in [3.63, 3.8) is 0 Å². The van der Waals surface area contributed by atoms with Crippen LogP contribution in [-0.4, -0.2) is 9.55 Å². The molecule has 1 heterocycles. The molecule has 1 unspecified atom stereocenters. The SMILES string of the molecule is CC(C)c1cccc(-n2cncc2C(N)C(C)C)c1. The predicted octanol–water partition coefficient (Wildman–Crippen LogP) is 3.65. The van der Waals surface area contributed by atoms with Crippen LogP contribution in [0.2, 0.25) is 0 Å². The average molecular weight is 257 g/mol. The van der Waals surface area contributed by atoms with Crippen molar-refractivity contribution < 1.29 is 0 Å². The molecule has 0 bridgehead atoms. The largest absolute Gasteiger partial charge is 0.322 e. The molecular weight excluding hydrogens is 234 g/mol. The maximum absolute atomic E-state index is 6.26. The van der Waals surface area contributed by atoms with Gasteiger partial charge in [0.2, 0.25) is 0 Å². The monoisotopic (exact) mass is 257 g/mol. The van der Waals surface area contributed by atoms with E-state index in [0.29, 0.717) is 11.8 Å². The first-order valence-electron chi connectivity index (χ1n) is 6.89. The minimum atomic E-state index is 0.00482. The first-order valence-corrected chi connectivity index (χ1v) is 6.89. The number of imidazole rings is 1. The Bertz CT molecular complexity index is 540. The highest BCUT2D eigenvalue weighted by atomic mass is 15.1. The first kappa shape index (κ1) is 13.8. The van der Waals surface area contributed by atoms with Crippen molar-refractivity contribution in [1.82, 2.24) is 9.55 Å². The van der Waals surface area contributed by atoms with Crippen LogP contribution in [-0.2, 0) is 0 Å². The summed E-state index contributed by atoms with van der Waals surface area (Å²) in [6.07, 6.45) is 3.71. The molecule has 0 amide bonds. The topological polar surface area (TPSA) is 43.8 Å². The fraction of sp³-hybridized carbons (Fsp3) is 0.438. The number of aromatic nitrogens is 2. The van der Waals surface area contributed by atoms with Crippen LogP contribution < -0.4 is 5.73 Å². The van der Waals surface area contributed by atoms with Gasteiger partial charge in [0, 0.05) is 11.7 Å². The summed E-state index contributed by atoms with van der Waals surface area (Å²) in [5, 5.41) is 0. The van der Waals surface area contributed by atoms with Crippen LogP contribution in [0.1, 0.15) is 50.9 Å². The van der Waals surface area contributed by atoms with E-state index in [2.05, 4.69) is 61.5 Å². The molecule has 1 aromatic heterocycles. The summed E-state index contributed by atoms with van der Waals surface area (Å²) in [5.41, 5.74) is 9.79. The van der Waals surface area contributed by atoms with Gasteiger partial charge in [-0.1, -0.05) is 39.8 Å². The predicted molar refractivity (Wildman–Crippen MR) is 79.4 cm³/mol. The molecule has 0 aliphatic rings. The number of hydrogen-bond acceptors (Lipinski definition) is 2. The van der Waals surface area contributed by atoms with Crippen LogP contribution >= 0.6 is 0 Å². The maximum atomic E-state index is 6.26. The van der Waals surface area contributed by atoms with Gasteiger partial charge in [0.1, 0.15) is 0 Å². The Labute approximate surface area is 115 Å². The Morgan fingerprint density at radius 1 is 1.16 bits per heavy atom. The molecule has 0 spiro atoms. The Morgan fingerprint density at radius 2 is 1.89 bits per heavy atom. The van der Waals surface area contributed by atoms with Crippen LogP contribution in [0.4, 0.5) is 0 Å². The number of hydrogen-bond donors (Lipinski definition) is 1. The summed E-state index contributed by atoms with van der Waals surface area (Å²) < 4.78 is 2.09. The molecule has 19 heavy (non-hydrogen) atoms. The highest BCUT2D eigenvalue weighted by molar-refractivity contribution is 5.39. The lowest BCUT2D eigenvalue weighted by Crippen LogP contribution is -2.19. The molecule has 0 aliphatic heterocycles. The van der Waals surface area contributed by atoms with E-state index in [4.69, 9.17) is 5.73 Å². The van der Waals surface area contributed by atoms with Gasteiger partial charge in [0.25, 0.3) is 0 Å². The Kier molecular flexibility index (Phi) is 4.05. The highest BCUT2D eigenvalue weighted by Crippen LogP contribution is 2.24. The van der Waals surface area contributed by atoms with Crippen molar-refractivity contribution in [2.45, 2.75) is 39.7 Å². The second kappa shape index (κ2) is 5.57. The van der Waals surface area contributed by atoms with Gasteiger partial charge < -0.3 is 10.3 Å². The van der Waals surface area contributed by atoms with Gasteiger partial charge in [-0.05, 0) is 29.5 Å². The van der Waals surface area contributed by atoms with E-state index in [1.165, 1.54) is 5.56 Å². The maximum Gasteiger partial charge on any atom is 0.0994 e. The summed E-state index contributed by atoms with van der Waals surface area (Å²) in [5.74, 6) is 0.912. The van der Waals surface area contributed by atoms with Crippen molar-refractivity contribution in [3.05, 3.63) is 48.0 Å². The lowest BCUT2D eigenvalue weighted by Gasteiger charge is -2.18. The molecule has 2 aromatic rings. The molecule has 2 rings (SSSR count). The van der Waals surface area contributed by atoms with Crippen molar-refractivity contribution in [1.29, 1.82) is 0 Å². The molecule has 0 radical (unpaired) electrons. The Morgan fingerprint density at radius 3 is 2.53 bits per heavy atom. The quantitative estimate of drug-likeness (QED) is 0.908. The summed E-state index contributed by atoms with van der Waals surface area (Å²) >= 11 is 0. The molecule has 0 aliphatic carbocycles. The fourth-order valence-corrected chi connectivity index (χ4v) is 2.14. The summed E-state index contributed by atoms with van der Waals surface area (Å²) in [7, 11) is 0. The summed E-state index contributed by atoms with van der Waals surface area (Å²) in [6, 6.07) is 8.57. The van der Waals surface area contributed by atoms with Crippen LogP contribution in [0.25, 0.3) is 5.69 Å². The Hall–Kier alpha value is -1.61. The second-order valence-corrected chi connectivity index (χ2v) is 5.71. The fourth-order valence-electron chi connectivity index (χ4n) is 2.14. The van der Waals surface area contributed by atoms with Gasteiger partial charge in [-0.2, -0.15) is 0 Å². The second-order valence-electron chi connectivity index (χ2n) is 5.71. The number of nitrogens with zero attached hydrogens (tertiary/aromatic N) is 2. The zero-order valence-electron chi connectivity index (χ0n) is 12.2. The highest BCUT2D eigenvalue weighted by Gasteiger charge is 2.16. The third kappa shape index (κ3) is 2.87. The molecule has 0 saturated carbocycles. The van der Waals surface area contributed by atoms with E-state index in [1.807, 2.05) is 12.5 Å². The van der Waals surface area contributed by atoms with E-state index < -0.39 is 0 Å². The van der Waals surface area contributed by atoms with E-state index in [0.717, 1.165) is 11.4 Å². The number of benzene rings is 1. The van der Waals surface area contributed by atoms with Gasteiger partial charge in [0.05, 0.1) is 18.2 Å². The lowest BCUT2D eigenvalue weighted by atomic mass is 10.0. The van der Waals surface area contributed by atoms with Crippen molar-refractivity contribution in [3.8, 4) is 5.69 Å². The zero-order valence-corrected chi connectivity index (χ0v) is 12.2. The van der Waals surface area contributed by atoms with Crippen LogP contribution in [0.15, 0.2) is 36.8 Å². The van der Waals surface area contributed by atoms with Crippen molar-refractivity contribution in [2.24, 2.45) is 11.7 Å². The molecule has 0 saturated heterocycles. The smallest absolute Gasteiger partial charge is 0.0994 e. The number of rotatable bonds is 4. The third-order valence-electron chi connectivity index (χ3n) is 3.54.